The number of hydroxylamine groups is 1. The van der Waals surface area contributed by atoms with Gasteiger partial charge in [0.2, 0.25) is 0 Å². The largest absolute Gasteiger partial charge is 0.459 e. The van der Waals surface area contributed by atoms with Gasteiger partial charge in [-0.05, 0) is 44.0 Å². The van der Waals surface area contributed by atoms with E-state index in [1.165, 1.54) is 17.6 Å². The molecule has 1 heterocycles. The summed E-state index contributed by atoms with van der Waals surface area (Å²) in [7, 11) is 0. The number of nitrogens with one attached hydrogen (secondary N) is 2. The molecule has 7 nitrogen and oxygen atoms in total. The van der Waals surface area contributed by atoms with E-state index in [2.05, 4.69) is 10.3 Å². The summed E-state index contributed by atoms with van der Waals surface area (Å²) >= 11 is 0. The number of hydrogen-bond acceptors (Lipinski definition) is 6. The summed E-state index contributed by atoms with van der Waals surface area (Å²) < 4.78 is 5.54. The van der Waals surface area contributed by atoms with Crippen LogP contribution < -0.4 is 10.8 Å². The van der Waals surface area contributed by atoms with E-state index in [1.54, 1.807) is 12.3 Å². The van der Waals surface area contributed by atoms with Gasteiger partial charge < -0.3 is 4.74 Å². The molecule has 0 aliphatic heterocycles. The van der Waals surface area contributed by atoms with Crippen LogP contribution in [0.3, 0.4) is 0 Å². The van der Waals surface area contributed by atoms with Crippen molar-refractivity contribution in [2.75, 3.05) is 0 Å². The van der Waals surface area contributed by atoms with Crippen LogP contribution in [0.25, 0.3) is 6.08 Å². The second-order valence-corrected chi connectivity index (χ2v) is 7.16. The second kappa shape index (κ2) is 9.77. The number of rotatable bonds is 7. The molecule has 0 saturated heterocycles. The van der Waals surface area contributed by atoms with E-state index in [0.29, 0.717) is 12.2 Å². The Morgan fingerprint density at radius 2 is 1.89 bits per heavy atom. The molecule has 1 aromatic carbocycles. The Balaban J connectivity index is 2.07. The summed E-state index contributed by atoms with van der Waals surface area (Å²) in [5, 5.41) is 11.7. The Hall–Kier alpha value is -3.03. The molecule has 148 valence electrons. The number of benzene rings is 1. The predicted molar refractivity (Wildman–Crippen MR) is 105 cm³/mol. The van der Waals surface area contributed by atoms with Crippen LogP contribution in [0.4, 0.5) is 0 Å². The summed E-state index contributed by atoms with van der Waals surface area (Å²) in [4.78, 5) is 27.9. The normalized spacial score (nSPS) is 12.6. The van der Waals surface area contributed by atoms with Crippen molar-refractivity contribution in [3.63, 3.8) is 0 Å². The van der Waals surface area contributed by atoms with Gasteiger partial charge in [0.1, 0.15) is 11.6 Å². The van der Waals surface area contributed by atoms with Crippen molar-refractivity contribution >= 4 is 18.0 Å². The highest BCUT2D eigenvalue weighted by molar-refractivity contribution is 5.90. The number of carbonyl (C=O) groups is 2. The molecule has 0 aliphatic rings. The smallest absolute Gasteiger partial charge is 0.328 e. The summed E-state index contributed by atoms with van der Waals surface area (Å²) in [6.07, 6.45) is 4.31. The van der Waals surface area contributed by atoms with Gasteiger partial charge in [-0.15, -0.1) is 0 Å². The summed E-state index contributed by atoms with van der Waals surface area (Å²) in [6, 6.07) is 12.4. The second-order valence-electron chi connectivity index (χ2n) is 7.16. The van der Waals surface area contributed by atoms with Crippen LogP contribution in [0.2, 0.25) is 0 Å². The molecule has 2 aromatic rings. The molecular formula is C21H25N3O4. The molecule has 0 radical (unpaired) electrons. The zero-order chi connectivity index (χ0) is 20.6. The molecule has 0 fully saturated rings. The minimum atomic E-state index is -0.629. The van der Waals surface area contributed by atoms with Gasteiger partial charge in [-0.1, -0.05) is 36.4 Å². The first-order valence-corrected chi connectivity index (χ1v) is 8.87. The van der Waals surface area contributed by atoms with Crippen molar-refractivity contribution in [1.29, 1.82) is 0 Å². The Morgan fingerprint density at radius 1 is 1.18 bits per heavy atom. The van der Waals surface area contributed by atoms with Crippen LogP contribution in [0, 0.1) is 0 Å². The van der Waals surface area contributed by atoms with Crippen LogP contribution in [0.1, 0.15) is 43.6 Å². The van der Waals surface area contributed by atoms with Crippen molar-refractivity contribution in [3.8, 4) is 0 Å². The number of esters is 1. The molecule has 0 saturated carbocycles. The highest BCUT2D eigenvalue weighted by Gasteiger charge is 2.26. The van der Waals surface area contributed by atoms with Gasteiger partial charge in [-0.3, -0.25) is 20.3 Å². The maximum atomic E-state index is 12.6. The van der Waals surface area contributed by atoms with E-state index in [4.69, 9.17) is 9.94 Å². The number of amides is 1. The molecule has 1 aromatic heterocycles. The lowest BCUT2D eigenvalue weighted by Gasteiger charge is -2.25. The van der Waals surface area contributed by atoms with Crippen molar-refractivity contribution in [2.24, 2.45) is 0 Å². The van der Waals surface area contributed by atoms with E-state index in [9.17, 15) is 9.59 Å². The number of ether oxygens (including phenoxy) is 1. The number of aromatic nitrogens is 1. The summed E-state index contributed by atoms with van der Waals surface area (Å²) in [5.41, 5.74) is 3.19. The SMILES string of the molecule is CC(C)(C)OC(=O)[C@@H](NCc1ccc(/C=C/C(=O)NO)nc1)c1ccccc1. The van der Waals surface area contributed by atoms with Crippen LogP contribution in [-0.4, -0.2) is 27.7 Å². The molecule has 0 aliphatic carbocycles. The van der Waals surface area contributed by atoms with E-state index in [0.717, 1.165) is 11.1 Å². The van der Waals surface area contributed by atoms with Crippen molar-refractivity contribution in [3.05, 3.63) is 71.6 Å². The monoisotopic (exact) mass is 383 g/mol. The lowest BCUT2D eigenvalue weighted by molar-refractivity contribution is -0.157. The van der Waals surface area contributed by atoms with Crippen LogP contribution in [0.15, 0.2) is 54.7 Å². The Labute approximate surface area is 164 Å². The van der Waals surface area contributed by atoms with Gasteiger partial charge in [0.05, 0.1) is 5.69 Å². The Kier molecular flexibility index (Phi) is 7.43. The van der Waals surface area contributed by atoms with Crippen molar-refractivity contribution < 1.29 is 19.5 Å². The topological polar surface area (TPSA) is 101 Å². The van der Waals surface area contributed by atoms with Crippen LogP contribution in [-0.2, 0) is 20.9 Å². The lowest BCUT2D eigenvalue weighted by Crippen LogP contribution is -2.34. The van der Waals surface area contributed by atoms with E-state index >= 15 is 0 Å². The molecule has 28 heavy (non-hydrogen) atoms. The summed E-state index contributed by atoms with van der Waals surface area (Å²) in [6.45, 7) is 5.91. The van der Waals surface area contributed by atoms with E-state index in [1.807, 2.05) is 57.2 Å². The first-order chi connectivity index (χ1) is 13.3. The highest BCUT2D eigenvalue weighted by atomic mass is 16.6. The molecule has 3 N–H and O–H groups in total. The molecule has 7 heteroatoms. The minimum absolute atomic E-state index is 0.346. The van der Waals surface area contributed by atoms with Crippen LogP contribution in [0.5, 0.6) is 0 Å². The third kappa shape index (κ3) is 6.94. The fourth-order valence-electron chi connectivity index (χ4n) is 2.40. The van der Waals surface area contributed by atoms with Crippen molar-refractivity contribution in [1.82, 2.24) is 15.8 Å². The summed E-state index contributed by atoms with van der Waals surface area (Å²) in [5.74, 6) is -0.975. The number of nitrogens with zero attached hydrogens (tertiary/aromatic N) is 1. The van der Waals surface area contributed by atoms with Gasteiger partial charge in [-0.2, -0.15) is 0 Å². The maximum Gasteiger partial charge on any atom is 0.328 e. The zero-order valence-electron chi connectivity index (χ0n) is 16.2. The first-order valence-electron chi connectivity index (χ1n) is 8.87. The molecular weight excluding hydrogens is 358 g/mol. The lowest BCUT2D eigenvalue weighted by atomic mass is 10.1. The molecule has 1 amide bonds. The van der Waals surface area contributed by atoms with E-state index < -0.39 is 17.6 Å². The standard InChI is InChI=1S/C21H25N3O4/c1-21(2,3)28-20(26)19(16-7-5-4-6-8-16)23-14-15-9-10-17(22-13-15)11-12-18(25)24-27/h4-13,19,23,27H,14H2,1-3H3,(H,24,25)/b12-11+/t19-/m0/s1. The van der Waals surface area contributed by atoms with Gasteiger partial charge in [0, 0.05) is 18.8 Å². The molecule has 0 bridgehead atoms. The van der Waals surface area contributed by atoms with E-state index in [-0.39, 0.29) is 5.97 Å². The van der Waals surface area contributed by atoms with Gasteiger partial charge in [-0.25, -0.2) is 10.3 Å². The molecule has 0 unspecified atom stereocenters. The third-order valence-corrected chi connectivity index (χ3v) is 3.65. The molecule has 0 spiro atoms. The zero-order valence-corrected chi connectivity index (χ0v) is 16.2. The quantitative estimate of drug-likeness (QED) is 0.294. The highest BCUT2D eigenvalue weighted by Crippen LogP contribution is 2.19. The molecule has 1 atom stereocenters. The maximum absolute atomic E-state index is 12.6. The first kappa shape index (κ1) is 21.3. The van der Waals surface area contributed by atoms with Crippen molar-refractivity contribution in [2.45, 2.75) is 39.0 Å². The van der Waals surface area contributed by atoms with Gasteiger partial charge in [0.25, 0.3) is 5.91 Å². The fourth-order valence-corrected chi connectivity index (χ4v) is 2.40. The number of pyridine rings is 1. The Morgan fingerprint density at radius 3 is 2.46 bits per heavy atom. The average Bonchev–Trinajstić information content (AvgIpc) is 2.66. The Bertz CT molecular complexity index is 812. The third-order valence-electron chi connectivity index (χ3n) is 3.65. The van der Waals surface area contributed by atoms with Gasteiger partial charge >= 0.3 is 5.97 Å². The fraction of sp³-hybridized carbons (Fsp3) is 0.286. The average molecular weight is 383 g/mol. The van der Waals surface area contributed by atoms with Gasteiger partial charge in [0.15, 0.2) is 0 Å². The number of carbonyl (C=O) groups excluding carboxylic acids is 2. The minimum Gasteiger partial charge on any atom is -0.459 e. The molecule has 2 rings (SSSR count). The van der Waals surface area contributed by atoms with Crippen LogP contribution >= 0.6 is 0 Å². The number of hydrogen-bond donors (Lipinski definition) is 3. The predicted octanol–water partition coefficient (Wildman–Crippen LogP) is 2.77.